The lowest BCUT2D eigenvalue weighted by Crippen LogP contribution is -2.03. The molecule has 0 aromatic carbocycles. The lowest BCUT2D eigenvalue weighted by atomic mass is 9.99. The Morgan fingerprint density at radius 3 is 2.29 bits per heavy atom. The Morgan fingerprint density at radius 2 is 1.71 bits per heavy atom. The summed E-state index contributed by atoms with van der Waals surface area (Å²) in [6, 6.07) is 0. The van der Waals surface area contributed by atoms with Crippen LogP contribution in [0.3, 0.4) is 0 Å². The van der Waals surface area contributed by atoms with E-state index in [4.69, 9.17) is 0 Å². The molecule has 0 aromatic heterocycles. The highest BCUT2D eigenvalue weighted by Gasteiger charge is 2.07. The van der Waals surface area contributed by atoms with E-state index in [-0.39, 0.29) is 5.78 Å². The fourth-order valence-electron chi connectivity index (χ4n) is 1.78. The maximum atomic E-state index is 11.9. The first-order valence-electron chi connectivity index (χ1n) is 6.92. The van der Waals surface area contributed by atoms with Crippen LogP contribution in [-0.2, 0) is 9.59 Å². The van der Waals surface area contributed by atoms with Gasteiger partial charge in [0.05, 0.1) is 0 Å². The standard InChI is InChI=1S/C15H26O2/c1-3-5-7-11-14(10-4-2)15(17)12-8-6-9-13-16/h11,13H,3-10,12H2,1-2H3. The number of hydrogen-bond donors (Lipinski definition) is 0. The number of Topliss-reactive ketones (excluding diaryl/α,β-unsaturated/α-hetero) is 1. The van der Waals surface area contributed by atoms with Gasteiger partial charge in [-0.05, 0) is 31.3 Å². The number of unbranched alkanes of at least 4 members (excludes halogenated alkanes) is 4. The maximum Gasteiger partial charge on any atom is 0.158 e. The van der Waals surface area contributed by atoms with Crippen molar-refractivity contribution in [1.29, 1.82) is 0 Å². The van der Waals surface area contributed by atoms with Crippen LogP contribution in [0.2, 0.25) is 0 Å². The smallest absolute Gasteiger partial charge is 0.158 e. The van der Waals surface area contributed by atoms with E-state index in [0.717, 1.165) is 50.4 Å². The van der Waals surface area contributed by atoms with E-state index in [1.807, 2.05) is 0 Å². The average molecular weight is 238 g/mol. The average Bonchev–Trinajstić information content (AvgIpc) is 2.33. The summed E-state index contributed by atoms with van der Waals surface area (Å²) in [5.41, 5.74) is 1.01. The molecule has 0 rings (SSSR count). The van der Waals surface area contributed by atoms with Crippen molar-refractivity contribution in [2.75, 3.05) is 0 Å². The third-order valence-electron chi connectivity index (χ3n) is 2.80. The SMILES string of the molecule is CCCCC=C(CCC)C(=O)CCCCC=O. The zero-order chi connectivity index (χ0) is 12.9. The summed E-state index contributed by atoms with van der Waals surface area (Å²) < 4.78 is 0. The van der Waals surface area contributed by atoms with Crippen LogP contribution in [0.5, 0.6) is 0 Å². The molecule has 0 bridgehead atoms. The Balaban J connectivity index is 4.04. The predicted octanol–water partition coefficient (Wildman–Crippen LogP) is 4.23. The predicted molar refractivity (Wildman–Crippen MR) is 72.1 cm³/mol. The largest absolute Gasteiger partial charge is 0.303 e. The molecule has 0 aliphatic carbocycles. The summed E-state index contributed by atoms with van der Waals surface area (Å²) >= 11 is 0. The van der Waals surface area contributed by atoms with Gasteiger partial charge in [0.25, 0.3) is 0 Å². The Bertz CT molecular complexity index is 241. The second-order valence-electron chi connectivity index (χ2n) is 4.46. The minimum absolute atomic E-state index is 0.286. The van der Waals surface area contributed by atoms with Gasteiger partial charge in [0.2, 0.25) is 0 Å². The number of allylic oxidation sites excluding steroid dienone is 2. The second-order valence-corrected chi connectivity index (χ2v) is 4.46. The molecule has 0 amide bonds. The molecule has 0 saturated heterocycles. The van der Waals surface area contributed by atoms with Crippen LogP contribution in [0.15, 0.2) is 11.6 Å². The highest BCUT2D eigenvalue weighted by Crippen LogP contribution is 2.13. The van der Waals surface area contributed by atoms with Gasteiger partial charge < -0.3 is 4.79 Å². The molecule has 0 spiro atoms. The van der Waals surface area contributed by atoms with Gasteiger partial charge in [0.15, 0.2) is 5.78 Å². The first kappa shape index (κ1) is 16.1. The lowest BCUT2D eigenvalue weighted by Gasteiger charge is -2.05. The molecule has 2 nitrogen and oxygen atoms in total. The minimum Gasteiger partial charge on any atom is -0.303 e. The monoisotopic (exact) mass is 238 g/mol. The molecule has 17 heavy (non-hydrogen) atoms. The van der Waals surface area contributed by atoms with Gasteiger partial charge in [-0.25, -0.2) is 0 Å². The quantitative estimate of drug-likeness (QED) is 0.306. The van der Waals surface area contributed by atoms with E-state index >= 15 is 0 Å². The van der Waals surface area contributed by atoms with E-state index in [0.29, 0.717) is 12.8 Å². The summed E-state index contributed by atoms with van der Waals surface area (Å²) in [6.45, 7) is 4.27. The number of hydrogen-bond acceptors (Lipinski definition) is 2. The molecule has 0 N–H and O–H groups in total. The Kier molecular flexibility index (Phi) is 10.9. The van der Waals surface area contributed by atoms with E-state index in [1.54, 1.807) is 0 Å². The summed E-state index contributed by atoms with van der Waals surface area (Å²) in [4.78, 5) is 22.1. The van der Waals surface area contributed by atoms with Gasteiger partial charge in [-0.15, -0.1) is 0 Å². The van der Waals surface area contributed by atoms with Crippen molar-refractivity contribution in [2.24, 2.45) is 0 Å². The molecule has 0 radical (unpaired) electrons. The van der Waals surface area contributed by atoms with E-state index < -0.39 is 0 Å². The molecule has 98 valence electrons. The molecule has 0 unspecified atom stereocenters. The summed E-state index contributed by atoms with van der Waals surface area (Å²) in [5, 5.41) is 0. The van der Waals surface area contributed by atoms with E-state index in [9.17, 15) is 9.59 Å². The topological polar surface area (TPSA) is 34.1 Å². The lowest BCUT2D eigenvalue weighted by molar-refractivity contribution is -0.116. The Labute approximate surface area is 105 Å². The summed E-state index contributed by atoms with van der Waals surface area (Å²) in [7, 11) is 0. The van der Waals surface area contributed by atoms with Crippen molar-refractivity contribution >= 4 is 12.1 Å². The number of carbonyl (C=O) groups excluding carboxylic acids is 2. The number of aldehydes is 1. The molecule has 2 heteroatoms. The Hall–Kier alpha value is -0.920. The minimum atomic E-state index is 0.286. The van der Waals surface area contributed by atoms with Gasteiger partial charge in [0, 0.05) is 12.8 Å². The van der Waals surface area contributed by atoms with E-state index in [1.165, 1.54) is 6.42 Å². The van der Waals surface area contributed by atoms with Crippen molar-refractivity contribution in [3.8, 4) is 0 Å². The molecule has 0 saturated carbocycles. The first-order valence-corrected chi connectivity index (χ1v) is 6.92. The highest BCUT2D eigenvalue weighted by molar-refractivity contribution is 5.95. The third kappa shape index (κ3) is 8.84. The summed E-state index contributed by atoms with van der Waals surface area (Å²) in [5.74, 6) is 0.286. The zero-order valence-corrected chi connectivity index (χ0v) is 11.3. The van der Waals surface area contributed by atoms with Gasteiger partial charge in [-0.3, -0.25) is 4.79 Å². The zero-order valence-electron chi connectivity index (χ0n) is 11.3. The highest BCUT2D eigenvalue weighted by atomic mass is 16.1. The van der Waals surface area contributed by atoms with Crippen molar-refractivity contribution < 1.29 is 9.59 Å². The van der Waals surface area contributed by atoms with Crippen molar-refractivity contribution in [1.82, 2.24) is 0 Å². The van der Waals surface area contributed by atoms with Gasteiger partial charge in [-0.1, -0.05) is 39.2 Å². The van der Waals surface area contributed by atoms with Crippen LogP contribution >= 0.6 is 0 Å². The number of carbonyl (C=O) groups is 2. The van der Waals surface area contributed by atoms with Gasteiger partial charge in [0.1, 0.15) is 6.29 Å². The molecule has 0 aromatic rings. The number of rotatable bonds is 11. The first-order chi connectivity index (χ1) is 8.26. The molecular formula is C15H26O2. The maximum absolute atomic E-state index is 11.9. The van der Waals surface area contributed by atoms with Crippen LogP contribution in [-0.4, -0.2) is 12.1 Å². The van der Waals surface area contributed by atoms with Crippen LogP contribution in [0, 0.1) is 0 Å². The van der Waals surface area contributed by atoms with Crippen molar-refractivity contribution in [2.45, 2.75) is 71.6 Å². The van der Waals surface area contributed by atoms with Crippen LogP contribution in [0.1, 0.15) is 71.6 Å². The number of ketones is 1. The second kappa shape index (κ2) is 11.6. The van der Waals surface area contributed by atoms with Crippen LogP contribution < -0.4 is 0 Å². The molecule has 0 atom stereocenters. The van der Waals surface area contributed by atoms with Gasteiger partial charge in [-0.2, -0.15) is 0 Å². The van der Waals surface area contributed by atoms with Crippen LogP contribution in [0.25, 0.3) is 0 Å². The third-order valence-corrected chi connectivity index (χ3v) is 2.80. The summed E-state index contributed by atoms with van der Waals surface area (Å²) in [6.07, 6.45) is 11.2. The molecule has 0 fully saturated rings. The molecular weight excluding hydrogens is 212 g/mol. The molecule has 0 heterocycles. The van der Waals surface area contributed by atoms with E-state index in [2.05, 4.69) is 19.9 Å². The fourth-order valence-corrected chi connectivity index (χ4v) is 1.78. The fraction of sp³-hybridized carbons (Fsp3) is 0.733. The van der Waals surface area contributed by atoms with Crippen molar-refractivity contribution in [3.63, 3.8) is 0 Å². The van der Waals surface area contributed by atoms with Crippen LogP contribution in [0.4, 0.5) is 0 Å². The molecule has 0 aliphatic heterocycles. The Morgan fingerprint density at radius 1 is 0.941 bits per heavy atom. The molecule has 0 aliphatic rings. The van der Waals surface area contributed by atoms with Gasteiger partial charge >= 0.3 is 0 Å². The van der Waals surface area contributed by atoms with Crippen molar-refractivity contribution in [3.05, 3.63) is 11.6 Å². The normalized spacial score (nSPS) is 11.5.